The Labute approximate surface area is 147 Å². The first-order valence-electron chi connectivity index (χ1n) is 7.25. The molecule has 0 saturated heterocycles. The lowest BCUT2D eigenvalue weighted by molar-refractivity contribution is 0.0915. The molecule has 3 rings (SSSR count). The van der Waals surface area contributed by atoms with E-state index in [2.05, 4.69) is 27.9 Å². The fourth-order valence-corrected chi connectivity index (χ4v) is 2.95. The van der Waals surface area contributed by atoms with E-state index in [1.165, 1.54) is 0 Å². The smallest absolute Gasteiger partial charge is 0.252 e. The highest BCUT2D eigenvalue weighted by Gasteiger charge is 2.17. The maximum atomic E-state index is 12.2. The third-order valence-corrected chi connectivity index (χ3v) is 4.47. The van der Waals surface area contributed by atoms with E-state index in [1.807, 2.05) is 18.2 Å². The molecule has 0 spiro atoms. The van der Waals surface area contributed by atoms with E-state index in [0.717, 1.165) is 3.57 Å². The van der Waals surface area contributed by atoms with Crippen molar-refractivity contribution in [3.05, 3.63) is 57.2 Å². The van der Waals surface area contributed by atoms with Gasteiger partial charge in [0.05, 0.1) is 11.7 Å². The van der Waals surface area contributed by atoms with Crippen LogP contribution in [0.2, 0.25) is 0 Å². The number of rotatable bonds is 4. The summed E-state index contributed by atoms with van der Waals surface area (Å²) in [6.45, 7) is 1.15. The van der Waals surface area contributed by atoms with Gasteiger partial charge in [-0.2, -0.15) is 0 Å². The van der Waals surface area contributed by atoms with E-state index in [9.17, 15) is 9.90 Å². The standard InChI is InChI=1S/C17H16INO4/c18-13-4-2-1-3-12(13)17(21)19-10-14(20)11-5-6-15-16(9-11)23-8-7-22-15/h1-6,9,14,20H,7-8,10H2,(H,19,21). The van der Waals surface area contributed by atoms with Crippen LogP contribution in [0.25, 0.3) is 0 Å². The lowest BCUT2D eigenvalue weighted by Gasteiger charge is -2.20. The van der Waals surface area contributed by atoms with Crippen LogP contribution in [0.15, 0.2) is 42.5 Å². The summed E-state index contributed by atoms with van der Waals surface area (Å²) in [6.07, 6.45) is -0.809. The second kappa shape index (κ2) is 7.18. The average Bonchev–Trinajstić information content (AvgIpc) is 2.59. The molecule has 2 aromatic rings. The molecule has 0 saturated carbocycles. The van der Waals surface area contributed by atoms with Crippen molar-refractivity contribution >= 4 is 28.5 Å². The highest BCUT2D eigenvalue weighted by molar-refractivity contribution is 14.1. The molecule has 1 unspecified atom stereocenters. The van der Waals surface area contributed by atoms with Gasteiger partial charge in [0.2, 0.25) is 0 Å². The fraction of sp³-hybridized carbons (Fsp3) is 0.235. The zero-order chi connectivity index (χ0) is 16.2. The van der Waals surface area contributed by atoms with Crippen molar-refractivity contribution in [2.75, 3.05) is 19.8 Å². The molecule has 0 radical (unpaired) electrons. The number of aliphatic hydroxyl groups excluding tert-OH is 1. The molecule has 2 N–H and O–H groups in total. The summed E-state index contributed by atoms with van der Waals surface area (Å²) in [4.78, 5) is 12.2. The van der Waals surface area contributed by atoms with Crippen molar-refractivity contribution in [3.8, 4) is 11.5 Å². The van der Waals surface area contributed by atoms with E-state index >= 15 is 0 Å². The number of nitrogens with one attached hydrogen (secondary N) is 1. The van der Waals surface area contributed by atoms with Gasteiger partial charge in [0, 0.05) is 10.1 Å². The topological polar surface area (TPSA) is 67.8 Å². The van der Waals surface area contributed by atoms with Crippen molar-refractivity contribution in [1.82, 2.24) is 5.32 Å². The van der Waals surface area contributed by atoms with Crippen LogP contribution in [0, 0.1) is 3.57 Å². The molecular weight excluding hydrogens is 409 g/mol. The first-order valence-corrected chi connectivity index (χ1v) is 8.33. The number of aliphatic hydroxyl groups is 1. The Balaban J connectivity index is 1.64. The molecule has 23 heavy (non-hydrogen) atoms. The van der Waals surface area contributed by atoms with Gasteiger partial charge in [-0.1, -0.05) is 18.2 Å². The quantitative estimate of drug-likeness (QED) is 0.740. The monoisotopic (exact) mass is 425 g/mol. The van der Waals surface area contributed by atoms with Crippen molar-refractivity contribution in [3.63, 3.8) is 0 Å². The van der Waals surface area contributed by atoms with Crippen LogP contribution in [-0.4, -0.2) is 30.8 Å². The molecule has 0 bridgehead atoms. The predicted molar refractivity (Wildman–Crippen MR) is 93.9 cm³/mol. The third kappa shape index (κ3) is 3.76. The van der Waals surface area contributed by atoms with Crippen LogP contribution in [0.1, 0.15) is 22.0 Å². The fourth-order valence-electron chi connectivity index (χ4n) is 2.32. The normalized spacial score (nSPS) is 14.2. The lowest BCUT2D eigenvalue weighted by Crippen LogP contribution is -2.29. The maximum absolute atomic E-state index is 12.2. The molecule has 1 aliphatic heterocycles. The van der Waals surface area contributed by atoms with E-state index in [4.69, 9.17) is 9.47 Å². The van der Waals surface area contributed by atoms with Gasteiger partial charge in [-0.05, 0) is 52.4 Å². The van der Waals surface area contributed by atoms with Gasteiger partial charge in [0.15, 0.2) is 11.5 Å². The highest BCUT2D eigenvalue weighted by atomic mass is 127. The Morgan fingerprint density at radius 2 is 1.91 bits per heavy atom. The van der Waals surface area contributed by atoms with Crippen LogP contribution >= 0.6 is 22.6 Å². The molecule has 120 valence electrons. The van der Waals surface area contributed by atoms with Gasteiger partial charge < -0.3 is 19.9 Å². The second-order valence-electron chi connectivity index (χ2n) is 5.11. The molecule has 0 aromatic heterocycles. The van der Waals surface area contributed by atoms with Crippen LogP contribution in [0.5, 0.6) is 11.5 Å². The first kappa shape index (κ1) is 16.1. The SMILES string of the molecule is O=C(NCC(O)c1ccc2c(c1)OCCO2)c1ccccc1I. The Morgan fingerprint density at radius 3 is 2.70 bits per heavy atom. The minimum absolute atomic E-state index is 0.128. The number of carbonyl (C=O) groups is 1. The minimum atomic E-state index is -0.809. The molecule has 0 aliphatic carbocycles. The molecule has 1 heterocycles. The predicted octanol–water partition coefficient (Wildman–Crippen LogP) is 2.53. The Hall–Kier alpha value is -1.80. The highest BCUT2D eigenvalue weighted by Crippen LogP contribution is 2.32. The maximum Gasteiger partial charge on any atom is 0.252 e. The molecule has 2 aromatic carbocycles. The Bertz CT molecular complexity index is 719. The number of carbonyl (C=O) groups excluding carboxylic acids is 1. The summed E-state index contributed by atoms with van der Waals surface area (Å²) >= 11 is 2.11. The van der Waals surface area contributed by atoms with Crippen LogP contribution < -0.4 is 14.8 Å². The summed E-state index contributed by atoms with van der Waals surface area (Å²) in [5.74, 6) is 1.10. The Kier molecular flexibility index (Phi) is 5.02. The molecule has 1 atom stereocenters. The van der Waals surface area contributed by atoms with Crippen LogP contribution in [0.3, 0.4) is 0 Å². The number of amides is 1. The number of fused-ring (bicyclic) bond motifs is 1. The van der Waals surface area contributed by atoms with Crippen molar-refractivity contribution in [1.29, 1.82) is 0 Å². The van der Waals surface area contributed by atoms with Crippen LogP contribution in [0.4, 0.5) is 0 Å². The lowest BCUT2D eigenvalue weighted by atomic mass is 10.1. The summed E-state index contributed by atoms with van der Waals surface area (Å²) < 4.78 is 11.8. The summed E-state index contributed by atoms with van der Waals surface area (Å²) in [5.41, 5.74) is 1.28. The number of halogens is 1. The third-order valence-electron chi connectivity index (χ3n) is 3.53. The summed E-state index contributed by atoms with van der Waals surface area (Å²) in [5, 5.41) is 13.0. The van der Waals surface area contributed by atoms with Gasteiger partial charge in [-0.15, -0.1) is 0 Å². The Morgan fingerprint density at radius 1 is 1.17 bits per heavy atom. The van der Waals surface area contributed by atoms with E-state index in [-0.39, 0.29) is 12.5 Å². The average molecular weight is 425 g/mol. The second-order valence-corrected chi connectivity index (χ2v) is 6.27. The summed E-state index contributed by atoms with van der Waals surface area (Å²) in [6, 6.07) is 12.6. The zero-order valence-corrected chi connectivity index (χ0v) is 14.4. The van der Waals surface area contributed by atoms with Gasteiger partial charge in [0.1, 0.15) is 13.2 Å². The van der Waals surface area contributed by atoms with E-state index in [1.54, 1.807) is 24.3 Å². The number of hydrogen-bond donors (Lipinski definition) is 2. The van der Waals surface area contributed by atoms with Gasteiger partial charge >= 0.3 is 0 Å². The van der Waals surface area contributed by atoms with Crippen LogP contribution in [-0.2, 0) is 0 Å². The van der Waals surface area contributed by atoms with E-state index < -0.39 is 6.10 Å². The van der Waals surface area contributed by atoms with Gasteiger partial charge in [0.25, 0.3) is 5.91 Å². The molecule has 0 fully saturated rings. The number of ether oxygens (including phenoxy) is 2. The number of hydrogen-bond acceptors (Lipinski definition) is 4. The molecule has 6 heteroatoms. The minimum Gasteiger partial charge on any atom is -0.486 e. The first-order chi connectivity index (χ1) is 11.1. The molecule has 1 amide bonds. The van der Waals surface area contributed by atoms with Crippen molar-refractivity contribution in [2.45, 2.75) is 6.10 Å². The molecular formula is C17H16INO4. The molecule has 1 aliphatic rings. The number of benzene rings is 2. The zero-order valence-electron chi connectivity index (χ0n) is 12.3. The van der Waals surface area contributed by atoms with Crippen molar-refractivity contribution < 1.29 is 19.4 Å². The van der Waals surface area contributed by atoms with Gasteiger partial charge in [-0.3, -0.25) is 4.79 Å². The van der Waals surface area contributed by atoms with E-state index in [0.29, 0.717) is 35.8 Å². The van der Waals surface area contributed by atoms with Crippen molar-refractivity contribution in [2.24, 2.45) is 0 Å². The molecule has 5 nitrogen and oxygen atoms in total. The van der Waals surface area contributed by atoms with Gasteiger partial charge in [-0.25, -0.2) is 0 Å². The summed E-state index contributed by atoms with van der Waals surface area (Å²) in [7, 11) is 0. The largest absolute Gasteiger partial charge is 0.486 e.